The Bertz CT molecular complexity index is 553. The van der Waals surface area contributed by atoms with Crippen LogP contribution in [-0.4, -0.2) is 0 Å². The van der Waals surface area contributed by atoms with Gasteiger partial charge in [-0.2, -0.15) is 0 Å². The van der Waals surface area contributed by atoms with E-state index in [0.717, 1.165) is 13.6 Å². The third kappa shape index (κ3) is 3.11. The van der Waals surface area contributed by atoms with Crippen molar-refractivity contribution in [1.82, 2.24) is 0 Å². The number of benzene rings is 1. The molecule has 1 atom stereocenters. The molecule has 0 aliphatic heterocycles. The van der Waals surface area contributed by atoms with Crippen LogP contribution in [0.2, 0.25) is 0 Å². The van der Waals surface area contributed by atoms with Gasteiger partial charge in [-0.15, -0.1) is 11.3 Å². The number of rotatable bonds is 2. The molecule has 0 bridgehead atoms. The van der Waals surface area contributed by atoms with Crippen LogP contribution >= 0.6 is 65.8 Å². The SMILES string of the molecule is Cc1cc(Br)c(C(Br)c2ccc(F)cc2I)s1. The van der Waals surface area contributed by atoms with Gasteiger partial charge in [0.15, 0.2) is 0 Å². The summed E-state index contributed by atoms with van der Waals surface area (Å²) in [6, 6.07) is 6.99. The van der Waals surface area contributed by atoms with Gasteiger partial charge in [-0.25, -0.2) is 4.39 Å². The molecule has 1 aromatic carbocycles. The molecule has 1 aromatic heterocycles. The summed E-state index contributed by atoms with van der Waals surface area (Å²) in [7, 11) is 0. The van der Waals surface area contributed by atoms with Gasteiger partial charge in [0, 0.05) is 17.8 Å². The van der Waals surface area contributed by atoms with Crippen molar-refractivity contribution < 1.29 is 4.39 Å². The van der Waals surface area contributed by atoms with E-state index in [9.17, 15) is 4.39 Å². The predicted octanol–water partition coefficient (Wildman–Crippen LogP) is 6.05. The van der Waals surface area contributed by atoms with Gasteiger partial charge in [0.05, 0.1) is 4.83 Å². The Morgan fingerprint density at radius 1 is 1.35 bits per heavy atom. The summed E-state index contributed by atoms with van der Waals surface area (Å²) in [5, 5.41) is 0. The van der Waals surface area contributed by atoms with Crippen molar-refractivity contribution in [3.05, 3.63) is 53.4 Å². The summed E-state index contributed by atoms with van der Waals surface area (Å²) < 4.78 is 15.1. The van der Waals surface area contributed by atoms with Crippen LogP contribution in [0.4, 0.5) is 4.39 Å². The van der Waals surface area contributed by atoms with Crippen molar-refractivity contribution in [3.63, 3.8) is 0 Å². The third-order valence-electron chi connectivity index (χ3n) is 2.30. The molecule has 0 radical (unpaired) electrons. The van der Waals surface area contributed by atoms with Crippen LogP contribution in [0.25, 0.3) is 0 Å². The molecule has 5 heteroatoms. The van der Waals surface area contributed by atoms with E-state index in [0.29, 0.717) is 0 Å². The van der Waals surface area contributed by atoms with Crippen LogP contribution in [0.1, 0.15) is 20.1 Å². The largest absolute Gasteiger partial charge is 0.207 e. The van der Waals surface area contributed by atoms with Crippen molar-refractivity contribution in [3.8, 4) is 0 Å². The summed E-state index contributed by atoms with van der Waals surface area (Å²) in [5.41, 5.74) is 1.09. The number of aryl methyl sites for hydroxylation is 1. The van der Waals surface area contributed by atoms with Crippen LogP contribution in [0.15, 0.2) is 28.7 Å². The molecule has 0 aliphatic carbocycles. The second kappa shape index (κ2) is 5.67. The number of alkyl halides is 1. The van der Waals surface area contributed by atoms with Gasteiger partial charge in [-0.3, -0.25) is 0 Å². The minimum atomic E-state index is -0.195. The number of hydrogen-bond donors (Lipinski definition) is 0. The number of thiophene rings is 1. The minimum Gasteiger partial charge on any atom is -0.207 e. The second-order valence-corrected chi connectivity index (χ2v) is 7.82. The summed E-state index contributed by atoms with van der Waals surface area (Å²) in [5.74, 6) is -0.195. The molecule has 0 spiro atoms. The van der Waals surface area contributed by atoms with Gasteiger partial charge in [0.25, 0.3) is 0 Å². The van der Waals surface area contributed by atoms with Gasteiger partial charge < -0.3 is 0 Å². The van der Waals surface area contributed by atoms with Gasteiger partial charge >= 0.3 is 0 Å². The fraction of sp³-hybridized carbons (Fsp3) is 0.167. The van der Waals surface area contributed by atoms with E-state index in [1.807, 2.05) is 6.07 Å². The molecule has 0 saturated carbocycles. The van der Waals surface area contributed by atoms with E-state index in [2.05, 4.69) is 67.4 Å². The summed E-state index contributed by atoms with van der Waals surface area (Å²) in [6.45, 7) is 2.08. The molecule has 0 fully saturated rings. The highest BCUT2D eigenvalue weighted by atomic mass is 127. The van der Waals surface area contributed by atoms with Gasteiger partial charge in [0.2, 0.25) is 0 Å². The number of hydrogen-bond acceptors (Lipinski definition) is 1. The molecule has 90 valence electrons. The van der Waals surface area contributed by atoms with E-state index in [1.54, 1.807) is 17.4 Å². The van der Waals surface area contributed by atoms with Crippen molar-refractivity contribution in [2.24, 2.45) is 0 Å². The lowest BCUT2D eigenvalue weighted by Crippen LogP contribution is -1.95. The van der Waals surface area contributed by atoms with Crippen LogP contribution < -0.4 is 0 Å². The lowest BCUT2D eigenvalue weighted by molar-refractivity contribution is 0.626. The first kappa shape index (κ1) is 14.0. The highest BCUT2D eigenvalue weighted by Gasteiger charge is 2.18. The zero-order valence-electron chi connectivity index (χ0n) is 8.81. The maximum Gasteiger partial charge on any atom is 0.124 e. The van der Waals surface area contributed by atoms with Gasteiger partial charge in [-0.1, -0.05) is 22.0 Å². The Balaban J connectivity index is 2.43. The van der Waals surface area contributed by atoms with Crippen molar-refractivity contribution in [1.29, 1.82) is 0 Å². The zero-order chi connectivity index (χ0) is 12.6. The fourth-order valence-electron chi connectivity index (χ4n) is 1.52. The highest BCUT2D eigenvalue weighted by Crippen LogP contribution is 2.41. The highest BCUT2D eigenvalue weighted by molar-refractivity contribution is 14.1. The quantitative estimate of drug-likeness (QED) is 0.356. The molecule has 0 nitrogen and oxygen atoms in total. The zero-order valence-corrected chi connectivity index (χ0v) is 15.0. The van der Waals surface area contributed by atoms with Gasteiger partial charge in [-0.05, 0) is 69.2 Å². The van der Waals surface area contributed by atoms with E-state index < -0.39 is 0 Å². The van der Waals surface area contributed by atoms with Crippen LogP contribution in [0.3, 0.4) is 0 Å². The van der Waals surface area contributed by atoms with Crippen molar-refractivity contribution in [2.75, 3.05) is 0 Å². The maximum absolute atomic E-state index is 13.1. The van der Waals surface area contributed by atoms with E-state index in [4.69, 9.17) is 0 Å². The average molecular weight is 490 g/mol. The fourth-order valence-corrected chi connectivity index (χ4v) is 5.85. The Labute approximate surface area is 134 Å². The Kier molecular flexibility index (Phi) is 4.66. The maximum atomic E-state index is 13.1. The minimum absolute atomic E-state index is 0.100. The molecule has 17 heavy (non-hydrogen) atoms. The van der Waals surface area contributed by atoms with E-state index in [1.165, 1.54) is 15.8 Å². The first-order valence-electron chi connectivity index (χ1n) is 4.84. The first-order valence-corrected chi connectivity index (χ1v) is 8.44. The van der Waals surface area contributed by atoms with Gasteiger partial charge in [0.1, 0.15) is 5.82 Å². The Morgan fingerprint density at radius 2 is 2.06 bits per heavy atom. The summed E-state index contributed by atoms with van der Waals surface area (Å²) in [4.78, 5) is 2.57. The molecule has 0 N–H and O–H groups in total. The summed E-state index contributed by atoms with van der Waals surface area (Å²) >= 11 is 11.1. The van der Waals surface area contributed by atoms with Crippen LogP contribution in [0.5, 0.6) is 0 Å². The molecule has 1 heterocycles. The normalized spacial score (nSPS) is 12.8. The smallest absolute Gasteiger partial charge is 0.124 e. The molecule has 2 aromatic rings. The Hall–Kier alpha value is 0.540. The summed E-state index contributed by atoms with van der Waals surface area (Å²) in [6.07, 6.45) is 0. The molecular formula is C12H8Br2FIS. The standard InChI is InChI=1S/C12H8Br2FIS/c1-6-4-9(13)12(17-6)11(14)8-3-2-7(15)5-10(8)16/h2-5,11H,1H3. The van der Waals surface area contributed by atoms with Crippen LogP contribution in [-0.2, 0) is 0 Å². The molecule has 1 unspecified atom stereocenters. The molecule has 2 rings (SSSR count). The first-order chi connectivity index (χ1) is 7.99. The Morgan fingerprint density at radius 3 is 2.59 bits per heavy atom. The monoisotopic (exact) mass is 488 g/mol. The topological polar surface area (TPSA) is 0 Å². The van der Waals surface area contributed by atoms with Crippen molar-refractivity contribution >= 4 is 65.8 Å². The lowest BCUT2D eigenvalue weighted by Gasteiger charge is -2.11. The van der Waals surface area contributed by atoms with E-state index in [-0.39, 0.29) is 10.6 Å². The molecule has 0 aliphatic rings. The predicted molar refractivity (Wildman–Crippen MR) is 86.6 cm³/mol. The number of halogens is 4. The van der Waals surface area contributed by atoms with E-state index >= 15 is 0 Å². The van der Waals surface area contributed by atoms with Crippen molar-refractivity contribution in [2.45, 2.75) is 11.8 Å². The molecule has 0 amide bonds. The van der Waals surface area contributed by atoms with Crippen LogP contribution in [0, 0.1) is 16.3 Å². The average Bonchev–Trinajstić information content (AvgIpc) is 2.57. The second-order valence-electron chi connectivity index (χ2n) is 3.60. The molecular weight excluding hydrogens is 482 g/mol. The third-order valence-corrected chi connectivity index (χ3v) is 6.52. The lowest BCUT2D eigenvalue weighted by atomic mass is 10.1. The molecule has 0 saturated heterocycles.